The summed E-state index contributed by atoms with van der Waals surface area (Å²) >= 11 is 12.6. The van der Waals surface area contributed by atoms with E-state index >= 15 is 0 Å². The van der Waals surface area contributed by atoms with Crippen molar-refractivity contribution in [3.8, 4) is 11.1 Å². The van der Waals surface area contributed by atoms with E-state index in [9.17, 15) is 0 Å². The summed E-state index contributed by atoms with van der Waals surface area (Å²) in [7, 11) is 0. The van der Waals surface area contributed by atoms with Gasteiger partial charge in [-0.3, -0.25) is 4.98 Å². The minimum absolute atomic E-state index is 0.207. The second-order valence-electron chi connectivity index (χ2n) is 8.10. The maximum Gasteiger partial charge on any atom is 0.215 e. The Morgan fingerprint density at radius 1 is 0.912 bits per heavy atom. The van der Waals surface area contributed by atoms with Crippen molar-refractivity contribution in [3.05, 3.63) is 107 Å². The van der Waals surface area contributed by atoms with Crippen LogP contribution in [-0.4, -0.2) is 33.9 Å². The second-order valence-corrected chi connectivity index (χ2v) is 8.94. The molecule has 1 saturated heterocycles. The van der Waals surface area contributed by atoms with Crippen LogP contribution in [0.15, 0.2) is 85.7 Å². The predicted octanol–water partition coefficient (Wildman–Crippen LogP) is 5.74. The van der Waals surface area contributed by atoms with E-state index in [0.717, 1.165) is 22.3 Å². The SMILES string of the molecule is Clc1ccc([C@]2(Cn3ccnc3)OC[C@@H](OCc3ccc(-c4ccncc4)cc3)CO2)c(Cl)c1. The summed E-state index contributed by atoms with van der Waals surface area (Å²) in [5.41, 5.74) is 4.07. The molecular weight excluding hydrogens is 473 g/mol. The summed E-state index contributed by atoms with van der Waals surface area (Å²) in [6.45, 7) is 1.59. The molecule has 3 heterocycles. The van der Waals surface area contributed by atoms with Gasteiger partial charge in [0.1, 0.15) is 6.10 Å². The van der Waals surface area contributed by atoms with Crippen LogP contribution in [0.3, 0.4) is 0 Å². The van der Waals surface area contributed by atoms with Crippen molar-refractivity contribution in [1.29, 1.82) is 0 Å². The van der Waals surface area contributed by atoms with Crippen molar-refractivity contribution in [3.63, 3.8) is 0 Å². The number of benzene rings is 2. The standard InChI is InChI=1S/C26H23Cl2N3O3/c27-22-5-6-24(25(28)13-22)26(17-31-12-11-30-18-31)33-15-23(16-34-26)32-14-19-1-3-20(4-2-19)21-7-9-29-10-8-21/h1-13,18,23H,14-17H2/t23-,26-. The Morgan fingerprint density at radius 3 is 2.32 bits per heavy atom. The number of hydrogen-bond donors (Lipinski definition) is 0. The lowest BCUT2D eigenvalue weighted by atomic mass is 10.0. The molecule has 0 bridgehead atoms. The van der Waals surface area contributed by atoms with E-state index in [1.54, 1.807) is 37.1 Å². The molecule has 0 amide bonds. The zero-order valence-corrected chi connectivity index (χ0v) is 19.8. The molecule has 0 radical (unpaired) electrons. The van der Waals surface area contributed by atoms with Crippen molar-refractivity contribution in [2.24, 2.45) is 0 Å². The molecule has 2 aromatic carbocycles. The molecule has 2 aromatic heterocycles. The zero-order chi connectivity index (χ0) is 23.4. The summed E-state index contributed by atoms with van der Waals surface area (Å²) in [6, 6.07) is 17.6. The van der Waals surface area contributed by atoms with Crippen molar-refractivity contribution >= 4 is 23.2 Å². The Kier molecular flexibility index (Phi) is 6.94. The molecule has 0 saturated carbocycles. The average Bonchev–Trinajstić information content (AvgIpc) is 3.37. The number of ether oxygens (including phenoxy) is 3. The zero-order valence-electron chi connectivity index (χ0n) is 18.3. The Morgan fingerprint density at radius 2 is 1.65 bits per heavy atom. The van der Waals surface area contributed by atoms with E-state index in [4.69, 9.17) is 37.4 Å². The Bertz CT molecular complexity index is 1210. The number of aromatic nitrogens is 3. The van der Waals surface area contributed by atoms with Gasteiger partial charge in [0.15, 0.2) is 0 Å². The Balaban J connectivity index is 1.24. The fourth-order valence-electron chi connectivity index (χ4n) is 3.94. The number of nitrogens with zero attached hydrogens (tertiary/aromatic N) is 3. The fraction of sp³-hybridized carbons (Fsp3) is 0.231. The minimum atomic E-state index is -1.06. The molecule has 34 heavy (non-hydrogen) atoms. The molecule has 1 aliphatic rings. The van der Waals surface area contributed by atoms with Crippen LogP contribution in [0.25, 0.3) is 11.1 Å². The molecule has 4 aromatic rings. The molecule has 0 atom stereocenters. The van der Waals surface area contributed by atoms with Crippen LogP contribution in [0, 0.1) is 0 Å². The monoisotopic (exact) mass is 495 g/mol. The highest BCUT2D eigenvalue weighted by molar-refractivity contribution is 6.35. The maximum absolute atomic E-state index is 6.52. The van der Waals surface area contributed by atoms with Gasteiger partial charge >= 0.3 is 0 Å². The highest BCUT2D eigenvalue weighted by Crippen LogP contribution is 2.38. The first kappa shape index (κ1) is 23.0. The van der Waals surface area contributed by atoms with Crippen LogP contribution in [0.4, 0.5) is 0 Å². The van der Waals surface area contributed by atoms with Crippen LogP contribution >= 0.6 is 23.2 Å². The quantitative estimate of drug-likeness (QED) is 0.327. The molecule has 0 spiro atoms. The number of rotatable bonds is 7. The molecule has 0 unspecified atom stereocenters. The molecule has 0 N–H and O–H groups in total. The summed E-state index contributed by atoms with van der Waals surface area (Å²) in [6.07, 6.45) is 8.67. The van der Waals surface area contributed by atoms with Gasteiger partial charge in [0.2, 0.25) is 5.79 Å². The van der Waals surface area contributed by atoms with Crippen LogP contribution in [0.2, 0.25) is 10.0 Å². The second kappa shape index (κ2) is 10.3. The highest BCUT2D eigenvalue weighted by atomic mass is 35.5. The van der Waals surface area contributed by atoms with Crippen molar-refractivity contribution in [2.45, 2.75) is 25.0 Å². The van der Waals surface area contributed by atoms with Gasteiger partial charge in [-0.2, -0.15) is 0 Å². The van der Waals surface area contributed by atoms with Crippen molar-refractivity contribution < 1.29 is 14.2 Å². The van der Waals surface area contributed by atoms with Crippen molar-refractivity contribution in [2.75, 3.05) is 13.2 Å². The summed E-state index contributed by atoms with van der Waals surface area (Å²) < 4.78 is 20.6. The third-order valence-electron chi connectivity index (χ3n) is 5.75. The van der Waals surface area contributed by atoms with Crippen LogP contribution in [-0.2, 0) is 33.1 Å². The average molecular weight is 496 g/mol. The molecule has 5 rings (SSSR count). The smallest absolute Gasteiger partial charge is 0.215 e. The number of halogens is 2. The lowest BCUT2D eigenvalue weighted by Gasteiger charge is -2.40. The van der Waals surface area contributed by atoms with E-state index in [1.807, 2.05) is 29.0 Å². The van der Waals surface area contributed by atoms with Crippen LogP contribution < -0.4 is 0 Å². The van der Waals surface area contributed by atoms with Crippen molar-refractivity contribution in [1.82, 2.24) is 14.5 Å². The molecular formula is C26H23Cl2N3O3. The fourth-order valence-corrected chi connectivity index (χ4v) is 4.50. The maximum atomic E-state index is 6.52. The number of imidazole rings is 1. The van der Waals surface area contributed by atoms with Gasteiger partial charge in [0.05, 0.1) is 37.7 Å². The van der Waals surface area contributed by atoms with Gasteiger partial charge in [-0.25, -0.2) is 4.98 Å². The van der Waals surface area contributed by atoms with E-state index in [1.165, 1.54) is 0 Å². The van der Waals surface area contributed by atoms with Gasteiger partial charge in [-0.15, -0.1) is 0 Å². The van der Waals surface area contributed by atoms with E-state index in [2.05, 4.69) is 34.2 Å². The first-order valence-corrected chi connectivity index (χ1v) is 11.7. The molecule has 8 heteroatoms. The first-order valence-electron chi connectivity index (χ1n) is 10.9. The van der Waals surface area contributed by atoms with E-state index in [0.29, 0.717) is 36.4 Å². The third-order valence-corrected chi connectivity index (χ3v) is 6.30. The number of pyridine rings is 1. The molecule has 174 valence electrons. The topological polar surface area (TPSA) is 58.4 Å². The molecule has 6 nitrogen and oxygen atoms in total. The summed E-state index contributed by atoms with van der Waals surface area (Å²) in [4.78, 5) is 8.19. The Hall–Kier alpha value is -2.74. The lowest BCUT2D eigenvalue weighted by Crippen LogP contribution is -2.47. The van der Waals surface area contributed by atoms with Crippen LogP contribution in [0.5, 0.6) is 0 Å². The minimum Gasteiger partial charge on any atom is -0.369 e. The van der Waals surface area contributed by atoms with Gasteiger partial charge in [0.25, 0.3) is 0 Å². The highest BCUT2D eigenvalue weighted by Gasteiger charge is 2.42. The third kappa shape index (κ3) is 5.17. The first-order chi connectivity index (χ1) is 16.6. The lowest BCUT2D eigenvalue weighted by molar-refractivity contribution is -0.313. The van der Waals surface area contributed by atoms with Gasteiger partial charge in [-0.1, -0.05) is 53.5 Å². The van der Waals surface area contributed by atoms with Gasteiger partial charge in [0, 0.05) is 35.4 Å². The predicted molar refractivity (Wildman–Crippen MR) is 131 cm³/mol. The Labute approximate surface area is 208 Å². The molecule has 1 fully saturated rings. The molecule has 0 aliphatic carbocycles. The summed E-state index contributed by atoms with van der Waals surface area (Å²) in [5, 5.41) is 1.04. The van der Waals surface area contributed by atoms with Gasteiger partial charge < -0.3 is 18.8 Å². The molecule has 1 aliphatic heterocycles. The van der Waals surface area contributed by atoms with Crippen LogP contribution in [0.1, 0.15) is 11.1 Å². The largest absolute Gasteiger partial charge is 0.369 e. The van der Waals surface area contributed by atoms with Gasteiger partial charge in [-0.05, 0) is 41.0 Å². The normalized spacial score (nSPS) is 20.4. The van der Waals surface area contributed by atoms with E-state index in [-0.39, 0.29) is 6.10 Å². The summed E-state index contributed by atoms with van der Waals surface area (Å²) in [5.74, 6) is -1.06. The number of hydrogen-bond acceptors (Lipinski definition) is 5. The van der Waals surface area contributed by atoms with E-state index < -0.39 is 5.79 Å².